The average molecular weight is 419 g/mol. The highest BCUT2D eigenvalue weighted by Gasteiger charge is 2.29. The molecule has 5 rings (SSSR count). The summed E-state index contributed by atoms with van der Waals surface area (Å²) in [7, 11) is 1.71. The minimum Gasteiger partial charge on any atom is -0.493 e. The predicted molar refractivity (Wildman–Crippen MR) is 122 cm³/mol. The van der Waals surface area contributed by atoms with Crippen molar-refractivity contribution in [3.63, 3.8) is 0 Å². The smallest absolute Gasteiger partial charge is 0.210 e. The maximum absolute atomic E-state index is 11.9. The first-order valence-electron chi connectivity index (χ1n) is 11.4. The molecule has 2 heterocycles. The van der Waals surface area contributed by atoms with E-state index in [1.54, 1.807) is 7.11 Å². The zero-order valence-corrected chi connectivity index (χ0v) is 18.1. The van der Waals surface area contributed by atoms with Crippen LogP contribution in [0.5, 0.6) is 11.5 Å². The van der Waals surface area contributed by atoms with Crippen LogP contribution in [0.25, 0.3) is 10.9 Å². The van der Waals surface area contributed by atoms with Crippen LogP contribution < -0.4 is 9.47 Å². The van der Waals surface area contributed by atoms with E-state index in [0.29, 0.717) is 0 Å². The van der Waals surface area contributed by atoms with Crippen molar-refractivity contribution < 1.29 is 14.3 Å². The molecule has 31 heavy (non-hydrogen) atoms. The van der Waals surface area contributed by atoms with Gasteiger partial charge >= 0.3 is 0 Å². The number of H-pyrrole nitrogens is 1. The van der Waals surface area contributed by atoms with Crippen LogP contribution in [0.15, 0.2) is 42.6 Å². The Kier molecular flexibility index (Phi) is 5.58. The second-order valence-electron chi connectivity index (χ2n) is 8.73. The van der Waals surface area contributed by atoms with E-state index in [-0.39, 0.29) is 12.1 Å². The summed E-state index contributed by atoms with van der Waals surface area (Å²) in [6.45, 7) is 0.737. The monoisotopic (exact) mass is 418 g/mol. The summed E-state index contributed by atoms with van der Waals surface area (Å²) < 4.78 is 12.0. The molecule has 162 valence electrons. The summed E-state index contributed by atoms with van der Waals surface area (Å²) in [5, 5.41) is 1.26. The number of nitrogens with zero attached hydrogens (tertiary/aromatic N) is 1. The Morgan fingerprint density at radius 2 is 2.00 bits per heavy atom. The number of aryl methyl sites for hydroxylation is 1. The number of hydrogen-bond acceptors (Lipinski definition) is 3. The molecule has 1 saturated carbocycles. The number of aromatic nitrogens is 1. The van der Waals surface area contributed by atoms with Gasteiger partial charge in [-0.15, -0.1) is 0 Å². The number of aromatic amines is 1. The van der Waals surface area contributed by atoms with E-state index < -0.39 is 0 Å². The van der Waals surface area contributed by atoms with Crippen LogP contribution in [-0.4, -0.2) is 36.1 Å². The Balaban J connectivity index is 1.44. The van der Waals surface area contributed by atoms with Gasteiger partial charge in [-0.1, -0.05) is 18.2 Å². The van der Waals surface area contributed by atoms with Gasteiger partial charge in [-0.05, 0) is 79.8 Å². The lowest BCUT2D eigenvalue weighted by molar-refractivity contribution is -0.120. The number of nitrogens with one attached hydrogen (secondary N) is 1. The lowest BCUT2D eigenvalue weighted by Gasteiger charge is -2.35. The third kappa shape index (κ3) is 3.89. The fourth-order valence-corrected chi connectivity index (χ4v) is 5.24. The van der Waals surface area contributed by atoms with Crippen molar-refractivity contribution in [2.45, 2.75) is 57.1 Å². The van der Waals surface area contributed by atoms with E-state index in [2.05, 4.69) is 41.5 Å². The minimum atomic E-state index is 0.0479. The molecular formula is C26H30N2O3. The number of amides is 1. The van der Waals surface area contributed by atoms with Crippen molar-refractivity contribution in [1.82, 2.24) is 9.88 Å². The first-order chi connectivity index (χ1) is 15.3. The molecule has 5 heteroatoms. The van der Waals surface area contributed by atoms with Crippen molar-refractivity contribution in [1.29, 1.82) is 0 Å². The van der Waals surface area contributed by atoms with Gasteiger partial charge < -0.3 is 19.4 Å². The molecule has 1 fully saturated rings. The summed E-state index contributed by atoms with van der Waals surface area (Å²) in [4.78, 5) is 17.2. The molecule has 2 aliphatic rings. The highest BCUT2D eigenvalue weighted by atomic mass is 16.5. The van der Waals surface area contributed by atoms with Gasteiger partial charge in [0.1, 0.15) is 0 Å². The quantitative estimate of drug-likeness (QED) is 0.538. The molecule has 2 aromatic carbocycles. The lowest BCUT2D eigenvalue weighted by Crippen LogP contribution is -2.34. The van der Waals surface area contributed by atoms with E-state index >= 15 is 0 Å². The highest BCUT2D eigenvalue weighted by molar-refractivity contribution is 5.83. The SMILES string of the molecule is COc1cc2c(cc1OC1CCCC1)C(CCc1c[nH]c3ccccc13)N(C=O)CC2. The van der Waals surface area contributed by atoms with Crippen LogP contribution in [0.3, 0.4) is 0 Å². The fourth-order valence-electron chi connectivity index (χ4n) is 5.24. The summed E-state index contributed by atoms with van der Waals surface area (Å²) in [6.07, 6.45) is 10.7. The Morgan fingerprint density at radius 3 is 2.81 bits per heavy atom. The molecule has 0 saturated heterocycles. The molecule has 1 aliphatic heterocycles. The van der Waals surface area contributed by atoms with Gasteiger partial charge in [-0.25, -0.2) is 0 Å². The number of rotatable bonds is 7. The number of benzene rings is 2. The zero-order chi connectivity index (χ0) is 21.2. The molecule has 1 amide bonds. The number of ether oxygens (including phenoxy) is 2. The highest BCUT2D eigenvalue weighted by Crippen LogP contribution is 2.41. The third-order valence-corrected chi connectivity index (χ3v) is 6.92. The van der Waals surface area contributed by atoms with E-state index in [1.165, 1.54) is 34.9 Å². The van der Waals surface area contributed by atoms with Gasteiger partial charge in [0, 0.05) is 23.6 Å². The molecule has 1 N–H and O–H groups in total. The fraction of sp³-hybridized carbons (Fsp3) is 0.423. The van der Waals surface area contributed by atoms with Crippen molar-refractivity contribution in [2.24, 2.45) is 0 Å². The van der Waals surface area contributed by atoms with Gasteiger partial charge in [0.2, 0.25) is 6.41 Å². The molecule has 3 aromatic rings. The van der Waals surface area contributed by atoms with Crippen LogP contribution in [0.4, 0.5) is 0 Å². The number of para-hydroxylation sites is 1. The zero-order valence-electron chi connectivity index (χ0n) is 18.1. The van der Waals surface area contributed by atoms with Crippen LogP contribution >= 0.6 is 0 Å². The molecular weight excluding hydrogens is 388 g/mol. The Morgan fingerprint density at radius 1 is 1.16 bits per heavy atom. The largest absolute Gasteiger partial charge is 0.493 e. The third-order valence-electron chi connectivity index (χ3n) is 6.92. The first kappa shape index (κ1) is 20.0. The summed E-state index contributed by atoms with van der Waals surface area (Å²) in [5.41, 5.74) is 4.92. The van der Waals surface area contributed by atoms with Gasteiger partial charge in [-0.3, -0.25) is 4.79 Å². The van der Waals surface area contributed by atoms with Crippen LogP contribution in [-0.2, 0) is 17.6 Å². The Hall–Kier alpha value is -2.95. The summed E-state index contributed by atoms with van der Waals surface area (Å²) in [6, 6.07) is 12.7. The summed E-state index contributed by atoms with van der Waals surface area (Å²) >= 11 is 0. The second-order valence-corrected chi connectivity index (χ2v) is 8.73. The van der Waals surface area contributed by atoms with Gasteiger partial charge in [0.25, 0.3) is 0 Å². The topological polar surface area (TPSA) is 54.6 Å². The summed E-state index contributed by atoms with van der Waals surface area (Å²) in [5.74, 6) is 1.62. The van der Waals surface area contributed by atoms with Crippen molar-refractivity contribution in [3.05, 3.63) is 59.3 Å². The predicted octanol–water partition coefficient (Wildman–Crippen LogP) is 5.19. The molecule has 1 aliphatic carbocycles. The van der Waals surface area contributed by atoms with E-state index in [9.17, 15) is 4.79 Å². The first-order valence-corrected chi connectivity index (χ1v) is 11.4. The number of hydrogen-bond donors (Lipinski definition) is 1. The van der Waals surface area contributed by atoms with Crippen LogP contribution in [0.2, 0.25) is 0 Å². The van der Waals surface area contributed by atoms with E-state index in [0.717, 1.165) is 62.1 Å². The normalized spacial score (nSPS) is 18.9. The van der Waals surface area contributed by atoms with Gasteiger partial charge in [-0.2, -0.15) is 0 Å². The molecule has 0 radical (unpaired) electrons. The number of carbonyl (C=O) groups is 1. The lowest BCUT2D eigenvalue weighted by atomic mass is 9.88. The second kappa shape index (κ2) is 8.66. The maximum Gasteiger partial charge on any atom is 0.210 e. The van der Waals surface area contributed by atoms with Crippen molar-refractivity contribution in [3.8, 4) is 11.5 Å². The standard InChI is InChI=1S/C26H30N2O3/c1-30-25-14-18-12-13-28(17-29)24(22(18)15-26(25)31-20-6-2-3-7-20)11-10-19-16-27-23-9-5-4-8-21(19)23/h4-5,8-9,14-17,20,24,27H,2-3,6-7,10-13H2,1H3. The number of fused-ring (bicyclic) bond motifs is 2. The Bertz CT molecular complexity index is 1070. The van der Waals surface area contributed by atoms with Crippen LogP contribution in [0, 0.1) is 0 Å². The molecule has 1 unspecified atom stereocenters. The molecule has 0 bridgehead atoms. The van der Waals surface area contributed by atoms with E-state index in [1.807, 2.05) is 11.0 Å². The van der Waals surface area contributed by atoms with E-state index in [4.69, 9.17) is 9.47 Å². The molecule has 0 spiro atoms. The van der Waals surface area contributed by atoms with Gasteiger partial charge in [0.05, 0.1) is 19.3 Å². The van der Waals surface area contributed by atoms with Crippen molar-refractivity contribution in [2.75, 3.05) is 13.7 Å². The van der Waals surface area contributed by atoms with Crippen LogP contribution in [0.1, 0.15) is 54.8 Å². The minimum absolute atomic E-state index is 0.0479. The molecule has 1 aromatic heterocycles. The average Bonchev–Trinajstić information content (AvgIpc) is 3.47. The Labute approximate surface area is 183 Å². The number of carbonyl (C=O) groups excluding carboxylic acids is 1. The maximum atomic E-state index is 11.9. The van der Waals surface area contributed by atoms with Crippen molar-refractivity contribution >= 4 is 17.3 Å². The molecule has 5 nitrogen and oxygen atoms in total. The molecule has 1 atom stereocenters. The number of methoxy groups -OCH3 is 1. The van der Waals surface area contributed by atoms with Gasteiger partial charge in [0.15, 0.2) is 11.5 Å².